The predicted octanol–water partition coefficient (Wildman–Crippen LogP) is 1.09. The van der Waals surface area contributed by atoms with E-state index in [1.54, 1.807) is 11.1 Å². The minimum absolute atomic E-state index is 0.217. The molecule has 1 saturated heterocycles. The molecule has 1 aromatic rings. The van der Waals surface area contributed by atoms with Gasteiger partial charge in [0.2, 0.25) is 0 Å². The number of nitrogens with one attached hydrogen (secondary N) is 3. The molecule has 1 aliphatic heterocycles. The molecule has 0 atom stereocenters. The van der Waals surface area contributed by atoms with Crippen LogP contribution >= 0.6 is 0 Å². The van der Waals surface area contributed by atoms with Gasteiger partial charge in [0.15, 0.2) is 5.96 Å². The van der Waals surface area contributed by atoms with Gasteiger partial charge in [-0.05, 0) is 32.8 Å². The molecule has 23 heavy (non-hydrogen) atoms. The molecule has 3 N–H and O–H groups in total. The fourth-order valence-corrected chi connectivity index (χ4v) is 2.47. The first-order valence-corrected chi connectivity index (χ1v) is 8.17. The second kappa shape index (κ2) is 9.02. The molecule has 0 bridgehead atoms. The highest BCUT2D eigenvalue weighted by Gasteiger charge is 2.23. The van der Waals surface area contributed by atoms with Crippen LogP contribution < -0.4 is 10.6 Å². The molecule has 8 heteroatoms. The largest absolute Gasteiger partial charge is 0.450 e. The number of likely N-dealkylation sites (tertiary alicyclic amines) is 1. The number of hydrogen-bond acceptors (Lipinski definition) is 4. The van der Waals surface area contributed by atoms with E-state index < -0.39 is 0 Å². The van der Waals surface area contributed by atoms with Gasteiger partial charge in [-0.3, -0.25) is 5.10 Å². The summed E-state index contributed by atoms with van der Waals surface area (Å²) in [5, 5.41) is 13.5. The Morgan fingerprint density at radius 1 is 1.48 bits per heavy atom. The van der Waals surface area contributed by atoms with Gasteiger partial charge in [-0.15, -0.1) is 0 Å². The Balaban J connectivity index is 1.82. The van der Waals surface area contributed by atoms with Crippen molar-refractivity contribution < 1.29 is 9.53 Å². The highest BCUT2D eigenvalue weighted by molar-refractivity contribution is 5.80. The summed E-state index contributed by atoms with van der Waals surface area (Å²) in [5.74, 6) is 0.789. The van der Waals surface area contributed by atoms with E-state index in [4.69, 9.17) is 4.74 Å². The number of amides is 1. The number of aromatic amines is 1. The van der Waals surface area contributed by atoms with Gasteiger partial charge < -0.3 is 20.3 Å². The second-order valence-electron chi connectivity index (χ2n) is 5.38. The van der Waals surface area contributed by atoms with Crippen molar-refractivity contribution in [2.75, 3.05) is 26.2 Å². The molecule has 128 valence electrons. The Hall–Kier alpha value is -2.25. The lowest BCUT2D eigenvalue weighted by Crippen LogP contribution is -2.49. The van der Waals surface area contributed by atoms with Crippen LogP contribution in [0.4, 0.5) is 4.79 Å². The minimum Gasteiger partial charge on any atom is -0.450 e. The first kappa shape index (κ1) is 17.1. The molecule has 2 heterocycles. The molecule has 0 spiro atoms. The van der Waals surface area contributed by atoms with Crippen LogP contribution in [0.3, 0.4) is 0 Å². The van der Waals surface area contributed by atoms with Crippen molar-refractivity contribution in [3.63, 3.8) is 0 Å². The second-order valence-corrected chi connectivity index (χ2v) is 5.38. The summed E-state index contributed by atoms with van der Waals surface area (Å²) in [7, 11) is 0. The van der Waals surface area contributed by atoms with E-state index in [0.29, 0.717) is 32.3 Å². The van der Waals surface area contributed by atoms with E-state index in [1.807, 2.05) is 19.9 Å². The Kier molecular flexibility index (Phi) is 6.71. The average Bonchev–Trinajstić information content (AvgIpc) is 3.07. The fourth-order valence-electron chi connectivity index (χ4n) is 2.47. The van der Waals surface area contributed by atoms with Crippen LogP contribution in [0.1, 0.15) is 32.4 Å². The summed E-state index contributed by atoms with van der Waals surface area (Å²) in [6, 6.07) is 2.21. The molecular formula is C15H26N6O2. The van der Waals surface area contributed by atoms with Crippen LogP contribution in [0.5, 0.6) is 0 Å². The summed E-state index contributed by atoms with van der Waals surface area (Å²) < 4.78 is 5.04. The van der Waals surface area contributed by atoms with Gasteiger partial charge >= 0.3 is 6.09 Å². The lowest BCUT2D eigenvalue weighted by Gasteiger charge is -2.32. The number of guanidine groups is 1. The molecule has 1 fully saturated rings. The maximum Gasteiger partial charge on any atom is 0.409 e. The number of ether oxygens (including phenoxy) is 1. The third-order valence-corrected chi connectivity index (χ3v) is 3.67. The molecule has 0 saturated carbocycles. The van der Waals surface area contributed by atoms with Crippen LogP contribution in [0, 0.1) is 0 Å². The van der Waals surface area contributed by atoms with Crippen molar-refractivity contribution in [3.8, 4) is 0 Å². The highest BCUT2D eigenvalue weighted by Crippen LogP contribution is 2.11. The van der Waals surface area contributed by atoms with Gasteiger partial charge in [0, 0.05) is 31.9 Å². The molecule has 1 amide bonds. The van der Waals surface area contributed by atoms with Crippen LogP contribution in [-0.4, -0.2) is 59.4 Å². The number of carbonyl (C=O) groups excluding carboxylic acids is 1. The summed E-state index contributed by atoms with van der Waals surface area (Å²) in [5.41, 5.74) is 0.972. The van der Waals surface area contributed by atoms with Gasteiger partial charge in [-0.25, -0.2) is 9.79 Å². The smallest absolute Gasteiger partial charge is 0.409 e. The third kappa shape index (κ3) is 5.46. The quantitative estimate of drug-likeness (QED) is 0.557. The lowest BCUT2D eigenvalue weighted by molar-refractivity contribution is 0.0963. The SMILES string of the molecule is CCNC(=NCc1ccn[nH]1)NC1CCN(C(=O)OCC)CC1. The summed E-state index contributed by atoms with van der Waals surface area (Å²) in [6.45, 7) is 7.05. The zero-order valence-corrected chi connectivity index (χ0v) is 13.8. The molecule has 1 aromatic heterocycles. The molecular weight excluding hydrogens is 296 g/mol. The summed E-state index contributed by atoms with van der Waals surface area (Å²) in [6.07, 6.45) is 3.27. The topological polar surface area (TPSA) is 94.6 Å². The fraction of sp³-hybridized carbons (Fsp3) is 0.667. The number of nitrogens with zero attached hydrogens (tertiary/aromatic N) is 3. The zero-order valence-electron chi connectivity index (χ0n) is 13.8. The number of carbonyl (C=O) groups is 1. The van der Waals surface area contributed by atoms with Crippen molar-refractivity contribution in [3.05, 3.63) is 18.0 Å². The molecule has 0 unspecified atom stereocenters. The van der Waals surface area contributed by atoms with Crippen LogP contribution in [-0.2, 0) is 11.3 Å². The zero-order chi connectivity index (χ0) is 16.5. The number of aliphatic imine (C=N–C) groups is 1. The average molecular weight is 322 g/mol. The Morgan fingerprint density at radius 3 is 2.87 bits per heavy atom. The van der Waals surface area contributed by atoms with E-state index in [-0.39, 0.29) is 6.09 Å². The number of hydrogen-bond donors (Lipinski definition) is 3. The number of aromatic nitrogens is 2. The summed E-state index contributed by atoms with van der Waals surface area (Å²) in [4.78, 5) is 18.0. The standard InChI is InChI=1S/C15H26N6O2/c1-3-16-14(17-11-13-5-8-18-20-13)19-12-6-9-21(10-7-12)15(22)23-4-2/h5,8,12H,3-4,6-7,9-11H2,1-2H3,(H,18,20)(H2,16,17,19). The lowest BCUT2D eigenvalue weighted by atomic mass is 10.1. The van der Waals surface area contributed by atoms with Crippen LogP contribution in [0.25, 0.3) is 0 Å². The van der Waals surface area contributed by atoms with Crippen molar-refractivity contribution in [1.29, 1.82) is 0 Å². The maximum atomic E-state index is 11.7. The van der Waals surface area contributed by atoms with Crippen LogP contribution in [0.2, 0.25) is 0 Å². The number of piperidine rings is 1. The van der Waals surface area contributed by atoms with Crippen LogP contribution in [0.15, 0.2) is 17.3 Å². The maximum absolute atomic E-state index is 11.7. The van der Waals surface area contributed by atoms with Gasteiger partial charge in [0.05, 0.1) is 18.8 Å². The summed E-state index contributed by atoms with van der Waals surface area (Å²) >= 11 is 0. The normalized spacial score (nSPS) is 16.3. The minimum atomic E-state index is -0.217. The molecule has 2 rings (SSSR count). The van der Waals surface area contributed by atoms with Gasteiger partial charge in [-0.2, -0.15) is 5.10 Å². The van der Waals surface area contributed by atoms with E-state index in [0.717, 1.165) is 31.0 Å². The molecule has 1 aliphatic rings. The highest BCUT2D eigenvalue weighted by atomic mass is 16.6. The first-order chi connectivity index (χ1) is 11.2. The van der Waals surface area contributed by atoms with E-state index in [9.17, 15) is 4.79 Å². The van der Waals surface area contributed by atoms with Gasteiger partial charge in [0.25, 0.3) is 0 Å². The Labute approximate surface area is 136 Å². The first-order valence-electron chi connectivity index (χ1n) is 8.17. The molecule has 0 aromatic carbocycles. The van der Waals surface area contributed by atoms with Crippen molar-refractivity contribution in [1.82, 2.24) is 25.7 Å². The Bertz CT molecular complexity index is 494. The predicted molar refractivity (Wildman–Crippen MR) is 88.2 cm³/mol. The number of H-pyrrole nitrogens is 1. The van der Waals surface area contributed by atoms with Gasteiger partial charge in [-0.1, -0.05) is 0 Å². The number of rotatable bonds is 5. The van der Waals surface area contributed by atoms with Gasteiger partial charge in [0.1, 0.15) is 0 Å². The van der Waals surface area contributed by atoms with E-state index in [2.05, 4.69) is 25.8 Å². The molecule has 0 radical (unpaired) electrons. The molecule has 8 nitrogen and oxygen atoms in total. The molecule has 0 aliphatic carbocycles. The Morgan fingerprint density at radius 2 is 2.26 bits per heavy atom. The third-order valence-electron chi connectivity index (χ3n) is 3.67. The van der Waals surface area contributed by atoms with E-state index >= 15 is 0 Å². The van der Waals surface area contributed by atoms with Crippen molar-refractivity contribution >= 4 is 12.1 Å². The van der Waals surface area contributed by atoms with E-state index in [1.165, 1.54) is 0 Å². The monoisotopic (exact) mass is 322 g/mol. The van der Waals surface area contributed by atoms with Crippen molar-refractivity contribution in [2.45, 2.75) is 39.3 Å². The van der Waals surface area contributed by atoms with Crippen molar-refractivity contribution in [2.24, 2.45) is 4.99 Å².